The molecule has 2 aliphatic rings. The zero-order chi connectivity index (χ0) is 8.84. The molecule has 0 radical (unpaired) electrons. The predicted octanol–water partition coefficient (Wildman–Crippen LogP) is 2.93. The fourth-order valence-electron chi connectivity index (χ4n) is 1.67. The summed E-state index contributed by atoms with van der Waals surface area (Å²) in [5.74, 6) is 0.763. The number of nitrogens with zero attached hydrogens (tertiary/aromatic N) is 3. The van der Waals surface area contributed by atoms with Crippen LogP contribution in [0.25, 0.3) is 5.57 Å². The SMILES string of the molecule is CC1=C2C(=Nc3ccccc32)N=N1. The highest BCUT2D eigenvalue weighted by Gasteiger charge is 2.25. The molecule has 0 saturated carbocycles. The zero-order valence-electron chi connectivity index (χ0n) is 7.15. The van der Waals surface area contributed by atoms with Crippen LogP contribution in [0.2, 0.25) is 0 Å². The van der Waals surface area contributed by atoms with Crippen LogP contribution in [0.4, 0.5) is 5.69 Å². The van der Waals surface area contributed by atoms with Gasteiger partial charge in [0.15, 0.2) is 5.84 Å². The molecule has 3 heteroatoms. The van der Waals surface area contributed by atoms with Crippen LogP contribution >= 0.6 is 0 Å². The van der Waals surface area contributed by atoms with E-state index in [9.17, 15) is 0 Å². The largest absolute Gasteiger partial charge is 0.226 e. The van der Waals surface area contributed by atoms with E-state index in [1.807, 2.05) is 25.1 Å². The predicted molar refractivity (Wildman–Crippen MR) is 51.0 cm³/mol. The second-order valence-electron chi connectivity index (χ2n) is 3.11. The second-order valence-corrected chi connectivity index (χ2v) is 3.11. The Morgan fingerprint density at radius 3 is 2.85 bits per heavy atom. The molecule has 0 spiro atoms. The molecular weight excluding hydrogens is 162 g/mol. The Hall–Kier alpha value is -1.77. The van der Waals surface area contributed by atoms with Crippen molar-refractivity contribution in [1.82, 2.24) is 0 Å². The fourth-order valence-corrected chi connectivity index (χ4v) is 1.67. The first-order chi connectivity index (χ1) is 6.36. The molecule has 0 amide bonds. The van der Waals surface area contributed by atoms with E-state index >= 15 is 0 Å². The second kappa shape index (κ2) is 2.13. The lowest BCUT2D eigenvalue weighted by Crippen LogP contribution is -1.87. The van der Waals surface area contributed by atoms with Gasteiger partial charge in [-0.15, -0.1) is 5.11 Å². The first-order valence-corrected chi connectivity index (χ1v) is 4.17. The lowest BCUT2D eigenvalue weighted by molar-refractivity contribution is 1.20. The number of para-hydroxylation sites is 1. The third-order valence-corrected chi connectivity index (χ3v) is 2.28. The van der Waals surface area contributed by atoms with E-state index in [0.29, 0.717) is 0 Å². The summed E-state index contributed by atoms with van der Waals surface area (Å²) >= 11 is 0. The number of hydrogen-bond donors (Lipinski definition) is 0. The van der Waals surface area contributed by atoms with Gasteiger partial charge in [0, 0.05) is 5.56 Å². The van der Waals surface area contributed by atoms with E-state index in [-0.39, 0.29) is 0 Å². The van der Waals surface area contributed by atoms with Crippen molar-refractivity contribution in [2.24, 2.45) is 15.2 Å². The maximum Gasteiger partial charge on any atom is 0.184 e. The van der Waals surface area contributed by atoms with E-state index in [0.717, 1.165) is 28.4 Å². The van der Waals surface area contributed by atoms with Crippen LogP contribution in [0.1, 0.15) is 12.5 Å². The molecule has 1 aromatic carbocycles. The summed E-state index contributed by atoms with van der Waals surface area (Å²) in [5.41, 5.74) is 4.21. The van der Waals surface area contributed by atoms with Crippen molar-refractivity contribution < 1.29 is 0 Å². The minimum absolute atomic E-state index is 0.763. The van der Waals surface area contributed by atoms with Crippen molar-refractivity contribution in [2.45, 2.75) is 6.92 Å². The molecule has 3 nitrogen and oxygen atoms in total. The third-order valence-electron chi connectivity index (χ3n) is 2.28. The van der Waals surface area contributed by atoms with E-state index in [2.05, 4.69) is 21.3 Å². The maximum atomic E-state index is 4.36. The highest BCUT2D eigenvalue weighted by atomic mass is 15.2. The minimum Gasteiger partial charge on any atom is -0.226 e. The molecule has 0 unspecified atom stereocenters. The average molecular weight is 169 g/mol. The van der Waals surface area contributed by atoms with E-state index < -0.39 is 0 Å². The monoisotopic (exact) mass is 169 g/mol. The molecule has 0 aromatic heterocycles. The van der Waals surface area contributed by atoms with Crippen LogP contribution in [0.15, 0.2) is 45.2 Å². The molecule has 2 heterocycles. The summed E-state index contributed by atoms with van der Waals surface area (Å²) in [7, 11) is 0. The Bertz CT molecular complexity index is 481. The Morgan fingerprint density at radius 1 is 1.08 bits per heavy atom. The molecule has 13 heavy (non-hydrogen) atoms. The van der Waals surface area contributed by atoms with Crippen LogP contribution < -0.4 is 0 Å². The zero-order valence-corrected chi connectivity index (χ0v) is 7.15. The molecule has 0 bridgehead atoms. The number of amidine groups is 1. The number of rotatable bonds is 0. The van der Waals surface area contributed by atoms with Gasteiger partial charge in [0.05, 0.1) is 17.0 Å². The van der Waals surface area contributed by atoms with Crippen molar-refractivity contribution in [1.29, 1.82) is 0 Å². The normalized spacial score (nSPS) is 17.5. The van der Waals surface area contributed by atoms with E-state index in [1.165, 1.54) is 0 Å². The van der Waals surface area contributed by atoms with Gasteiger partial charge in [-0.2, -0.15) is 5.11 Å². The van der Waals surface area contributed by atoms with Gasteiger partial charge in [0.2, 0.25) is 0 Å². The van der Waals surface area contributed by atoms with Gasteiger partial charge >= 0.3 is 0 Å². The van der Waals surface area contributed by atoms with Gasteiger partial charge in [-0.1, -0.05) is 18.2 Å². The van der Waals surface area contributed by atoms with Gasteiger partial charge in [-0.25, -0.2) is 4.99 Å². The number of azo groups is 1. The average Bonchev–Trinajstić information content (AvgIpc) is 2.66. The van der Waals surface area contributed by atoms with Crippen molar-refractivity contribution >= 4 is 17.1 Å². The maximum absolute atomic E-state index is 4.36. The van der Waals surface area contributed by atoms with Gasteiger partial charge in [-0.3, -0.25) is 0 Å². The highest BCUT2D eigenvalue weighted by Crippen LogP contribution is 2.39. The van der Waals surface area contributed by atoms with Crippen LogP contribution in [-0.2, 0) is 0 Å². The molecule has 0 aliphatic carbocycles. The van der Waals surface area contributed by atoms with Gasteiger partial charge < -0.3 is 0 Å². The molecule has 0 N–H and O–H groups in total. The Kier molecular flexibility index (Phi) is 1.10. The summed E-state index contributed by atoms with van der Waals surface area (Å²) in [6.07, 6.45) is 0. The Morgan fingerprint density at radius 2 is 1.92 bits per heavy atom. The number of aliphatic imine (C=N–C) groups is 1. The standard InChI is InChI=1S/C10H7N3/c1-6-9-7-4-2-3-5-8(7)11-10(9)13-12-6/h2-5H,1H3. The van der Waals surface area contributed by atoms with Crippen LogP contribution in [0, 0.1) is 0 Å². The lowest BCUT2D eigenvalue weighted by atomic mass is 10.1. The highest BCUT2D eigenvalue weighted by molar-refractivity contribution is 6.29. The number of hydrogen-bond acceptors (Lipinski definition) is 3. The molecule has 2 aliphatic heterocycles. The van der Waals surface area contributed by atoms with Gasteiger partial charge in [-0.05, 0) is 13.0 Å². The Balaban J connectivity index is 2.35. The van der Waals surface area contributed by atoms with Gasteiger partial charge in [0.25, 0.3) is 0 Å². The third kappa shape index (κ3) is 0.758. The van der Waals surface area contributed by atoms with Crippen molar-refractivity contribution in [3.63, 3.8) is 0 Å². The van der Waals surface area contributed by atoms with Crippen LogP contribution in [0.3, 0.4) is 0 Å². The van der Waals surface area contributed by atoms with Crippen molar-refractivity contribution in [2.75, 3.05) is 0 Å². The summed E-state index contributed by atoms with van der Waals surface area (Å²) in [5, 5.41) is 7.99. The van der Waals surface area contributed by atoms with E-state index in [4.69, 9.17) is 0 Å². The summed E-state index contributed by atoms with van der Waals surface area (Å²) in [4.78, 5) is 4.36. The summed E-state index contributed by atoms with van der Waals surface area (Å²) in [6.45, 7) is 1.96. The first kappa shape index (κ1) is 6.71. The van der Waals surface area contributed by atoms with Crippen molar-refractivity contribution in [3.8, 4) is 0 Å². The quantitative estimate of drug-likeness (QED) is 0.572. The molecule has 0 saturated heterocycles. The van der Waals surface area contributed by atoms with Crippen molar-refractivity contribution in [3.05, 3.63) is 35.5 Å². The van der Waals surface area contributed by atoms with E-state index in [1.54, 1.807) is 0 Å². The summed E-state index contributed by atoms with van der Waals surface area (Å²) in [6, 6.07) is 8.05. The molecule has 1 aromatic rings. The number of benzene rings is 1. The smallest absolute Gasteiger partial charge is 0.184 e. The topological polar surface area (TPSA) is 37.1 Å². The lowest BCUT2D eigenvalue weighted by Gasteiger charge is -1.96. The number of allylic oxidation sites excluding steroid dienone is 1. The fraction of sp³-hybridized carbons (Fsp3) is 0.100. The first-order valence-electron chi connectivity index (χ1n) is 4.17. The Labute approximate surface area is 75.5 Å². The molecule has 0 atom stereocenters. The van der Waals surface area contributed by atoms with Crippen LogP contribution in [0.5, 0.6) is 0 Å². The molecule has 0 fully saturated rings. The van der Waals surface area contributed by atoms with Crippen LogP contribution in [-0.4, -0.2) is 5.84 Å². The number of fused-ring (bicyclic) bond motifs is 3. The molecule has 3 rings (SSSR count). The summed E-state index contributed by atoms with van der Waals surface area (Å²) < 4.78 is 0. The minimum atomic E-state index is 0.763. The molecular formula is C10H7N3. The molecule has 62 valence electrons. The van der Waals surface area contributed by atoms with Gasteiger partial charge in [0.1, 0.15) is 0 Å².